The van der Waals surface area contributed by atoms with E-state index < -0.39 is 0 Å². The molecule has 0 aromatic carbocycles. The lowest BCUT2D eigenvalue weighted by Gasteiger charge is -2.64. The Balaban J connectivity index is 1.57. The monoisotopic (exact) mass is 249 g/mol. The van der Waals surface area contributed by atoms with Crippen LogP contribution in [0, 0.1) is 17.3 Å². The molecule has 18 heavy (non-hydrogen) atoms. The number of hydrogen-bond acceptors (Lipinski definition) is 3. The van der Waals surface area contributed by atoms with Crippen LogP contribution in [0.15, 0.2) is 0 Å². The fourth-order valence-corrected chi connectivity index (χ4v) is 5.01. The van der Waals surface area contributed by atoms with Gasteiger partial charge in [0.1, 0.15) is 0 Å². The van der Waals surface area contributed by atoms with Crippen molar-refractivity contribution in [3.05, 3.63) is 0 Å². The first-order chi connectivity index (χ1) is 8.52. The van der Waals surface area contributed by atoms with Crippen molar-refractivity contribution in [3.8, 4) is 0 Å². The molecule has 2 heterocycles. The highest BCUT2D eigenvalue weighted by Gasteiger charge is 2.68. The molecule has 0 amide bonds. The molecule has 4 heteroatoms. The molecule has 2 bridgehead atoms. The zero-order valence-corrected chi connectivity index (χ0v) is 11.7. The van der Waals surface area contributed by atoms with Gasteiger partial charge < -0.3 is 14.6 Å². The Morgan fingerprint density at radius 3 is 2.72 bits per heavy atom. The molecule has 2 unspecified atom stereocenters. The van der Waals surface area contributed by atoms with E-state index >= 15 is 0 Å². The van der Waals surface area contributed by atoms with Gasteiger partial charge in [-0.3, -0.25) is 0 Å². The highest BCUT2D eigenvalue weighted by Crippen LogP contribution is 2.65. The van der Waals surface area contributed by atoms with E-state index in [2.05, 4.69) is 26.1 Å². The minimum absolute atomic E-state index is 0.00218. The molecule has 5 atom stereocenters. The maximum absolute atomic E-state index is 6.44. The maximum atomic E-state index is 6.44. The standard InChI is InChI=1S/C14H24BNO2/c1-13(2)9-7-10(13)14(3)11(8-9)17-15(18-14)12-5-4-6-16-12/h9-12,16H,4-8H2,1-3H3/t9?,10?,11-,12+,14+/m0/s1. The van der Waals surface area contributed by atoms with Crippen LogP contribution in [0.2, 0.25) is 0 Å². The quantitative estimate of drug-likeness (QED) is 0.721. The molecule has 3 nitrogen and oxygen atoms in total. The van der Waals surface area contributed by atoms with E-state index in [1.54, 1.807) is 0 Å². The third-order valence-electron chi connectivity index (χ3n) is 6.40. The number of hydrogen-bond donors (Lipinski definition) is 1. The Kier molecular flexibility index (Phi) is 2.30. The maximum Gasteiger partial charge on any atom is 0.475 e. The van der Waals surface area contributed by atoms with Crippen molar-refractivity contribution in [2.75, 3.05) is 6.54 Å². The fraction of sp³-hybridized carbons (Fsp3) is 1.00. The summed E-state index contributed by atoms with van der Waals surface area (Å²) in [4.78, 5) is 0. The van der Waals surface area contributed by atoms with Crippen LogP contribution in [-0.2, 0) is 9.31 Å². The van der Waals surface area contributed by atoms with Crippen molar-refractivity contribution < 1.29 is 9.31 Å². The van der Waals surface area contributed by atoms with Gasteiger partial charge in [0, 0.05) is 5.94 Å². The summed E-state index contributed by atoms with van der Waals surface area (Å²) in [6.07, 6.45) is 5.33. The van der Waals surface area contributed by atoms with Gasteiger partial charge in [0.2, 0.25) is 0 Å². The summed E-state index contributed by atoms with van der Waals surface area (Å²) in [5.74, 6) is 1.95. The molecule has 5 fully saturated rings. The van der Waals surface area contributed by atoms with Crippen LogP contribution in [-0.4, -0.2) is 31.3 Å². The Morgan fingerprint density at radius 2 is 2.06 bits per heavy atom. The van der Waals surface area contributed by atoms with E-state index in [4.69, 9.17) is 9.31 Å². The Labute approximate surface area is 110 Å². The minimum Gasteiger partial charge on any atom is -0.404 e. The van der Waals surface area contributed by atoms with E-state index in [1.165, 1.54) is 25.7 Å². The summed E-state index contributed by atoms with van der Waals surface area (Å²) in [5, 5.41) is 3.52. The van der Waals surface area contributed by atoms with Gasteiger partial charge in [0.25, 0.3) is 0 Å². The lowest BCUT2D eigenvalue weighted by atomic mass is 9.43. The van der Waals surface area contributed by atoms with Crippen LogP contribution in [0.3, 0.4) is 0 Å². The Morgan fingerprint density at radius 1 is 1.22 bits per heavy atom. The third kappa shape index (κ3) is 1.32. The molecule has 100 valence electrons. The largest absolute Gasteiger partial charge is 0.475 e. The van der Waals surface area contributed by atoms with Crippen LogP contribution >= 0.6 is 0 Å². The third-order valence-corrected chi connectivity index (χ3v) is 6.40. The van der Waals surface area contributed by atoms with Gasteiger partial charge in [-0.05, 0) is 56.4 Å². The van der Waals surface area contributed by atoms with Crippen molar-refractivity contribution in [2.24, 2.45) is 17.3 Å². The van der Waals surface area contributed by atoms with E-state index in [9.17, 15) is 0 Å². The van der Waals surface area contributed by atoms with Crippen molar-refractivity contribution in [1.82, 2.24) is 5.32 Å². The second-order valence-electron chi connectivity index (χ2n) is 7.54. The van der Waals surface area contributed by atoms with Crippen molar-refractivity contribution >= 4 is 7.12 Å². The molecule has 1 N–H and O–H groups in total. The van der Waals surface area contributed by atoms with Gasteiger partial charge in [-0.15, -0.1) is 0 Å². The van der Waals surface area contributed by atoms with E-state index in [0.29, 0.717) is 23.4 Å². The molecule has 5 aliphatic rings. The van der Waals surface area contributed by atoms with Gasteiger partial charge >= 0.3 is 7.12 Å². The second-order valence-corrected chi connectivity index (χ2v) is 7.54. The molecule has 0 aromatic heterocycles. The highest BCUT2D eigenvalue weighted by molar-refractivity contribution is 6.47. The average Bonchev–Trinajstić information content (AvgIpc) is 2.92. The zero-order valence-electron chi connectivity index (χ0n) is 11.7. The predicted octanol–water partition coefficient (Wildman–Crippen LogP) is 2.01. The molecule has 2 aliphatic heterocycles. The van der Waals surface area contributed by atoms with Gasteiger partial charge in [-0.1, -0.05) is 13.8 Å². The van der Waals surface area contributed by atoms with E-state index in [0.717, 1.165) is 12.5 Å². The van der Waals surface area contributed by atoms with E-state index in [-0.39, 0.29) is 12.7 Å². The van der Waals surface area contributed by atoms with Crippen molar-refractivity contribution in [1.29, 1.82) is 0 Å². The molecular formula is C14H24BNO2. The SMILES string of the molecule is CC1(C)C2CC1[C@@]1(C)OB([C@H]3CCCN3)O[C@H]1C2. The van der Waals surface area contributed by atoms with Crippen LogP contribution in [0.5, 0.6) is 0 Å². The smallest absolute Gasteiger partial charge is 0.404 e. The molecule has 2 saturated heterocycles. The summed E-state index contributed by atoms with van der Waals surface area (Å²) in [5.41, 5.74) is 0.416. The molecule has 0 spiro atoms. The van der Waals surface area contributed by atoms with Gasteiger partial charge in [0.15, 0.2) is 0 Å². The number of nitrogens with one attached hydrogen (secondary N) is 1. The van der Waals surface area contributed by atoms with Gasteiger partial charge in [-0.2, -0.15) is 0 Å². The van der Waals surface area contributed by atoms with Gasteiger partial charge in [0.05, 0.1) is 11.7 Å². The van der Waals surface area contributed by atoms with Crippen molar-refractivity contribution in [2.45, 2.75) is 64.1 Å². The second kappa shape index (κ2) is 3.53. The summed E-state index contributed by atoms with van der Waals surface area (Å²) in [7, 11) is -0.00218. The molecule has 3 saturated carbocycles. The van der Waals surface area contributed by atoms with Crippen LogP contribution < -0.4 is 5.32 Å². The van der Waals surface area contributed by atoms with E-state index in [1.807, 2.05) is 0 Å². The first kappa shape index (κ1) is 11.7. The first-order valence-corrected chi connectivity index (χ1v) is 7.58. The predicted molar refractivity (Wildman–Crippen MR) is 71.1 cm³/mol. The average molecular weight is 249 g/mol. The van der Waals surface area contributed by atoms with Crippen LogP contribution in [0.25, 0.3) is 0 Å². The van der Waals surface area contributed by atoms with Gasteiger partial charge in [-0.25, -0.2) is 0 Å². The molecule has 3 aliphatic carbocycles. The molecular weight excluding hydrogens is 225 g/mol. The summed E-state index contributed by atoms with van der Waals surface area (Å²) >= 11 is 0. The normalized spacial score (nSPS) is 53.2. The summed E-state index contributed by atoms with van der Waals surface area (Å²) in [6, 6.07) is 0. The Hall–Kier alpha value is -0.0551. The van der Waals surface area contributed by atoms with Crippen molar-refractivity contribution in [3.63, 3.8) is 0 Å². The highest BCUT2D eigenvalue weighted by atomic mass is 16.7. The lowest BCUT2D eigenvalue weighted by Crippen LogP contribution is -2.65. The zero-order chi connectivity index (χ0) is 12.5. The lowest BCUT2D eigenvalue weighted by molar-refractivity contribution is -0.199. The number of rotatable bonds is 1. The minimum atomic E-state index is -0.0345. The molecule has 0 aromatic rings. The topological polar surface area (TPSA) is 30.5 Å². The summed E-state index contributed by atoms with van der Waals surface area (Å²) in [6.45, 7) is 8.25. The fourth-order valence-electron chi connectivity index (χ4n) is 5.01. The molecule has 5 rings (SSSR count). The van der Waals surface area contributed by atoms with Crippen LogP contribution in [0.1, 0.15) is 46.5 Å². The summed E-state index contributed by atoms with van der Waals surface area (Å²) < 4.78 is 12.7. The molecule has 0 radical (unpaired) electrons. The Bertz CT molecular complexity index is 369. The first-order valence-electron chi connectivity index (χ1n) is 7.58. The van der Waals surface area contributed by atoms with Crippen LogP contribution in [0.4, 0.5) is 0 Å².